The van der Waals surface area contributed by atoms with E-state index in [0.717, 1.165) is 5.56 Å². The normalized spacial score (nSPS) is 14.8. The van der Waals surface area contributed by atoms with Gasteiger partial charge in [0.05, 0.1) is 10.6 Å². The molecule has 4 rings (SSSR count). The molecule has 3 aromatic rings. The lowest BCUT2D eigenvalue weighted by Gasteiger charge is -2.29. The highest BCUT2D eigenvalue weighted by molar-refractivity contribution is 6.43. The summed E-state index contributed by atoms with van der Waals surface area (Å²) in [7, 11) is 0. The molecule has 6 nitrogen and oxygen atoms in total. The summed E-state index contributed by atoms with van der Waals surface area (Å²) in [6.07, 6.45) is 1.66. The number of para-hydroxylation sites is 1. The Morgan fingerprint density at radius 3 is 2.10 bits per heavy atom. The molecule has 0 fully saturated rings. The summed E-state index contributed by atoms with van der Waals surface area (Å²) in [5.41, 5.74) is 3.29. The highest BCUT2D eigenvalue weighted by Gasteiger charge is 2.36. The Bertz CT molecular complexity index is 1180. The fourth-order valence-corrected chi connectivity index (χ4v) is 3.38. The number of non-ortho nitro benzene ring substituents is 1. The Morgan fingerprint density at radius 1 is 0.828 bits per heavy atom. The average molecular weight is 384 g/mol. The van der Waals surface area contributed by atoms with Gasteiger partial charge < -0.3 is 0 Å². The van der Waals surface area contributed by atoms with E-state index in [1.165, 1.54) is 17.0 Å². The van der Waals surface area contributed by atoms with Gasteiger partial charge in [-0.2, -0.15) is 0 Å². The van der Waals surface area contributed by atoms with Gasteiger partial charge in [0, 0.05) is 23.3 Å². The second kappa shape index (κ2) is 7.16. The molecule has 29 heavy (non-hydrogen) atoms. The molecule has 1 aliphatic rings. The summed E-state index contributed by atoms with van der Waals surface area (Å²) < 4.78 is 0. The van der Waals surface area contributed by atoms with Crippen molar-refractivity contribution in [2.24, 2.45) is 0 Å². The fraction of sp³-hybridized carbons (Fsp3) is 0.0435. The predicted octanol–water partition coefficient (Wildman–Crippen LogP) is 4.63. The molecule has 0 saturated carbocycles. The average Bonchev–Trinajstić information content (AvgIpc) is 2.73. The standard InChI is InChI=1S/C23H16N2O4/c1-15-6-2-5-9-21(15)24-22(26)19-8-4-3-7-18(19)20(23(24)27)14-16-10-12-17(13-11-16)25(28)29/h2-14H,1H3/b20-14-. The third kappa shape index (κ3) is 3.21. The lowest BCUT2D eigenvalue weighted by atomic mass is 9.91. The number of carbonyl (C=O) groups excluding carboxylic acids is 2. The minimum Gasteiger partial charge on any atom is -0.268 e. The largest absolute Gasteiger partial charge is 0.269 e. The number of anilines is 1. The first-order valence-corrected chi connectivity index (χ1v) is 8.97. The second-order valence-corrected chi connectivity index (χ2v) is 6.68. The van der Waals surface area contributed by atoms with E-state index in [9.17, 15) is 19.7 Å². The molecule has 0 saturated heterocycles. The first-order valence-electron chi connectivity index (χ1n) is 8.97. The lowest BCUT2D eigenvalue weighted by molar-refractivity contribution is -0.384. The summed E-state index contributed by atoms with van der Waals surface area (Å²) >= 11 is 0. The topological polar surface area (TPSA) is 80.5 Å². The smallest absolute Gasteiger partial charge is 0.268 e. The third-order valence-corrected chi connectivity index (χ3v) is 4.86. The van der Waals surface area contributed by atoms with E-state index in [1.807, 2.05) is 19.1 Å². The molecule has 0 radical (unpaired) electrons. The fourth-order valence-electron chi connectivity index (χ4n) is 3.38. The molecule has 1 heterocycles. The van der Waals surface area contributed by atoms with Crippen molar-refractivity contribution in [3.63, 3.8) is 0 Å². The quantitative estimate of drug-likeness (QED) is 0.285. The van der Waals surface area contributed by atoms with Crippen LogP contribution in [0.5, 0.6) is 0 Å². The van der Waals surface area contributed by atoms with Crippen LogP contribution >= 0.6 is 0 Å². The molecular weight excluding hydrogens is 368 g/mol. The molecule has 1 aliphatic heterocycles. The van der Waals surface area contributed by atoms with Crippen LogP contribution in [-0.2, 0) is 4.79 Å². The molecule has 0 spiro atoms. The number of rotatable bonds is 3. The lowest BCUT2D eigenvalue weighted by Crippen LogP contribution is -2.42. The number of imide groups is 1. The van der Waals surface area contributed by atoms with Crippen molar-refractivity contribution in [1.82, 2.24) is 0 Å². The van der Waals surface area contributed by atoms with Crippen molar-refractivity contribution in [3.05, 3.63) is 105 Å². The minimum absolute atomic E-state index is 0.0285. The van der Waals surface area contributed by atoms with Gasteiger partial charge in [0.2, 0.25) is 0 Å². The number of nitro groups is 1. The van der Waals surface area contributed by atoms with Gasteiger partial charge in [0.25, 0.3) is 17.5 Å². The van der Waals surface area contributed by atoms with Gasteiger partial charge in [-0.1, -0.05) is 36.4 Å². The number of nitro benzene ring substituents is 1. The molecule has 6 heteroatoms. The first kappa shape index (κ1) is 18.3. The van der Waals surface area contributed by atoms with Crippen LogP contribution in [0.4, 0.5) is 11.4 Å². The maximum absolute atomic E-state index is 13.4. The van der Waals surface area contributed by atoms with Crippen LogP contribution in [0.3, 0.4) is 0 Å². The number of nitrogens with zero attached hydrogens (tertiary/aromatic N) is 2. The van der Waals surface area contributed by atoms with Crippen molar-refractivity contribution < 1.29 is 14.5 Å². The van der Waals surface area contributed by atoms with E-state index in [4.69, 9.17) is 0 Å². The summed E-state index contributed by atoms with van der Waals surface area (Å²) in [6, 6.07) is 20.1. The van der Waals surface area contributed by atoms with Gasteiger partial charge in [-0.3, -0.25) is 19.7 Å². The molecule has 2 amide bonds. The zero-order valence-electron chi connectivity index (χ0n) is 15.5. The molecule has 0 atom stereocenters. The highest BCUT2D eigenvalue weighted by atomic mass is 16.6. The number of hydrogen-bond acceptors (Lipinski definition) is 4. The van der Waals surface area contributed by atoms with Crippen molar-refractivity contribution in [1.29, 1.82) is 0 Å². The van der Waals surface area contributed by atoms with Crippen LogP contribution in [0, 0.1) is 17.0 Å². The summed E-state index contributed by atoms with van der Waals surface area (Å²) in [5.74, 6) is -0.804. The summed E-state index contributed by atoms with van der Waals surface area (Å²) in [6.45, 7) is 1.84. The summed E-state index contributed by atoms with van der Waals surface area (Å²) in [4.78, 5) is 38.1. The Kier molecular flexibility index (Phi) is 4.52. The third-order valence-electron chi connectivity index (χ3n) is 4.86. The zero-order chi connectivity index (χ0) is 20.5. The van der Waals surface area contributed by atoms with Crippen LogP contribution in [0.2, 0.25) is 0 Å². The minimum atomic E-state index is -0.476. The number of amides is 2. The molecular formula is C23H16N2O4. The zero-order valence-corrected chi connectivity index (χ0v) is 15.5. The summed E-state index contributed by atoms with van der Waals surface area (Å²) in [5, 5.41) is 10.9. The number of aryl methyl sites for hydroxylation is 1. The molecule has 142 valence electrons. The van der Waals surface area contributed by atoms with Crippen molar-refractivity contribution in [2.75, 3.05) is 4.90 Å². The van der Waals surface area contributed by atoms with Gasteiger partial charge in [0.15, 0.2) is 0 Å². The van der Waals surface area contributed by atoms with Crippen molar-refractivity contribution in [2.45, 2.75) is 6.92 Å². The van der Waals surface area contributed by atoms with Crippen LogP contribution in [0.25, 0.3) is 11.6 Å². The molecule has 0 unspecified atom stereocenters. The molecule has 0 aromatic heterocycles. The van der Waals surface area contributed by atoms with Crippen LogP contribution < -0.4 is 4.90 Å². The van der Waals surface area contributed by atoms with Gasteiger partial charge >= 0.3 is 0 Å². The Hall–Kier alpha value is -4.06. The van der Waals surface area contributed by atoms with E-state index in [0.29, 0.717) is 28.0 Å². The molecule has 3 aromatic carbocycles. The van der Waals surface area contributed by atoms with E-state index in [-0.39, 0.29) is 11.6 Å². The van der Waals surface area contributed by atoms with Gasteiger partial charge in [-0.05, 0) is 54.0 Å². The van der Waals surface area contributed by atoms with Crippen molar-refractivity contribution in [3.8, 4) is 0 Å². The monoisotopic (exact) mass is 384 g/mol. The maximum atomic E-state index is 13.4. The first-order chi connectivity index (χ1) is 14.0. The van der Waals surface area contributed by atoms with E-state index < -0.39 is 10.8 Å². The predicted molar refractivity (Wildman–Crippen MR) is 110 cm³/mol. The number of carbonyl (C=O) groups is 2. The Labute approximate surface area is 166 Å². The van der Waals surface area contributed by atoms with Gasteiger partial charge in [-0.25, -0.2) is 4.90 Å². The van der Waals surface area contributed by atoms with E-state index in [1.54, 1.807) is 54.6 Å². The second-order valence-electron chi connectivity index (χ2n) is 6.68. The number of fused-ring (bicyclic) bond motifs is 1. The van der Waals surface area contributed by atoms with E-state index in [2.05, 4.69) is 0 Å². The SMILES string of the molecule is Cc1ccccc1N1C(=O)/C(=C\c2ccc([N+](=O)[O-])cc2)c2ccccc2C1=O. The van der Waals surface area contributed by atoms with Gasteiger partial charge in [0.1, 0.15) is 0 Å². The van der Waals surface area contributed by atoms with Crippen LogP contribution in [0.1, 0.15) is 27.0 Å². The highest BCUT2D eigenvalue weighted by Crippen LogP contribution is 2.34. The van der Waals surface area contributed by atoms with E-state index >= 15 is 0 Å². The van der Waals surface area contributed by atoms with Crippen molar-refractivity contribution >= 4 is 34.8 Å². The molecule has 0 bridgehead atoms. The van der Waals surface area contributed by atoms with Crippen LogP contribution in [-0.4, -0.2) is 16.7 Å². The Balaban J connectivity index is 1.87. The van der Waals surface area contributed by atoms with Crippen LogP contribution in [0.15, 0.2) is 72.8 Å². The number of hydrogen-bond donors (Lipinski definition) is 0. The molecule has 0 N–H and O–H groups in total. The number of benzene rings is 3. The molecule has 0 aliphatic carbocycles. The maximum Gasteiger partial charge on any atom is 0.269 e. The van der Waals surface area contributed by atoms with Gasteiger partial charge in [-0.15, -0.1) is 0 Å². The Morgan fingerprint density at radius 2 is 1.45 bits per heavy atom.